The molecule has 1 aliphatic heterocycles. The molecule has 0 bridgehead atoms. The Morgan fingerprint density at radius 2 is 1.67 bits per heavy atom. The van der Waals surface area contributed by atoms with E-state index in [1.807, 2.05) is 13.8 Å². The number of carbonyl (C=O) groups is 2. The summed E-state index contributed by atoms with van der Waals surface area (Å²) < 4.78 is 0. The van der Waals surface area contributed by atoms with Crippen LogP contribution in [0.3, 0.4) is 0 Å². The summed E-state index contributed by atoms with van der Waals surface area (Å²) in [6.07, 6.45) is 0. The highest BCUT2D eigenvalue weighted by molar-refractivity contribution is 6.35. The fourth-order valence-electron chi connectivity index (χ4n) is 1.85. The molecule has 0 radical (unpaired) electrons. The predicted molar refractivity (Wildman–Crippen MR) is 71.2 cm³/mol. The third-order valence-electron chi connectivity index (χ3n) is 2.72. The Hall–Kier alpha value is -1.26. The van der Waals surface area contributed by atoms with Crippen LogP contribution in [0.1, 0.15) is 13.8 Å². The Morgan fingerprint density at radius 1 is 1.11 bits per heavy atom. The Kier molecular flexibility index (Phi) is 3.50. The molecule has 2 rings (SSSR count). The lowest BCUT2D eigenvalue weighted by molar-refractivity contribution is -0.116. The molecule has 0 saturated carbocycles. The van der Waals surface area contributed by atoms with Gasteiger partial charge in [0.2, 0.25) is 0 Å². The van der Waals surface area contributed by atoms with Gasteiger partial charge in [-0.3, -0.25) is 4.79 Å². The van der Waals surface area contributed by atoms with Crippen LogP contribution in [-0.2, 0) is 4.79 Å². The number of amides is 3. The van der Waals surface area contributed by atoms with Crippen molar-refractivity contribution in [3.8, 4) is 0 Å². The van der Waals surface area contributed by atoms with Gasteiger partial charge in [-0.15, -0.1) is 0 Å². The summed E-state index contributed by atoms with van der Waals surface area (Å²) in [5.41, 5.74) is 0.408. The van der Waals surface area contributed by atoms with E-state index in [1.54, 1.807) is 18.2 Å². The minimum absolute atomic E-state index is 0.0268. The van der Waals surface area contributed by atoms with Crippen LogP contribution in [0.2, 0.25) is 10.0 Å². The van der Waals surface area contributed by atoms with E-state index in [-0.39, 0.29) is 24.5 Å². The van der Waals surface area contributed by atoms with Crippen molar-refractivity contribution in [2.75, 3.05) is 11.4 Å². The second kappa shape index (κ2) is 4.78. The van der Waals surface area contributed by atoms with Gasteiger partial charge < -0.3 is 4.90 Å². The number of urea groups is 1. The second-order valence-corrected chi connectivity index (χ2v) is 5.23. The van der Waals surface area contributed by atoms with Crippen LogP contribution in [0.15, 0.2) is 18.2 Å². The molecular weight excluding hydrogens is 275 g/mol. The zero-order valence-corrected chi connectivity index (χ0v) is 11.5. The van der Waals surface area contributed by atoms with Gasteiger partial charge >= 0.3 is 6.03 Å². The standard InChI is InChI=1S/C12H12Cl2N2O2/c1-7(2)15-6-11(17)16(12(15)18)10-4-8(13)3-9(14)5-10/h3-5,7H,6H2,1-2H3. The summed E-state index contributed by atoms with van der Waals surface area (Å²) in [5, 5.41) is 0.780. The van der Waals surface area contributed by atoms with E-state index in [0.717, 1.165) is 4.90 Å². The van der Waals surface area contributed by atoms with Gasteiger partial charge in [0.05, 0.1) is 5.69 Å². The molecule has 6 heteroatoms. The number of hydrogen-bond acceptors (Lipinski definition) is 2. The topological polar surface area (TPSA) is 40.6 Å². The Balaban J connectivity index is 2.39. The number of imide groups is 1. The van der Waals surface area contributed by atoms with E-state index >= 15 is 0 Å². The van der Waals surface area contributed by atoms with Crippen molar-refractivity contribution in [2.24, 2.45) is 0 Å². The third kappa shape index (κ3) is 2.31. The van der Waals surface area contributed by atoms with Crippen LogP contribution in [0, 0.1) is 0 Å². The molecule has 1 aromatic rings. The molecule has 3 amide bonds. The lowest BCUT2D eigenvalue weighted by atomic mass is 10.3. The average Bonchev–Trinajstić information content (AvgIpc) is 2.52. The van der Waals surface area contributed by atoms with Crippen molar-refractivity contribution in [3.05, 3.63) is 28.2 Å². The van der Waals surface area contributed by atoms with Gasteiger partial charge in [0.25, 0.3) is 5.91 Å². The first-order chi connectivity index (χ1) is 8.40. The number of halogens is 2. The molecular formula is C12H12Cl2N2O2. The van der Waals surface area contributed by atoms with Crippen LogP contribution < -0.4 is 4.90 Å². The molecule has 0 atom stereocenters. The first kappa shape index (κ1) is 13.2. The highest BCUT2D eigenvalue weighted by Gasteiger charge is 2.38. The summed E-state index contributed by atoms with van der Waals surface area (Å²) >= 11 is 11.8. The van der Waals surface area contributed by atoms with Crippen LogP contribution in [-0.4, -0.2) is 29.4 Å². The van der Waals surface area contributed by atoms with Crippen molar-refractivity contribution in [1.29, 1.82) is 0 Å². The third-order valence-corrected chi connectivity index (χ3v) is 3.16. The summed E-state index contributed by atoms with van der Waals surface area (Å²) in [4.78, 5) is 26.6. The van der Waals surface area contributed by atoms with Crippen LogP contribution >= 0.6 is 23.2 Å². The highest BCUT2D eigenvalue weighted by atomic mass is 35.5. The normalized spacial score (nSPS) is 16.1. The van der Waals surface area contributed by atoms with E-state index in [4.69, 9.17) is 23.2 Å². The number of rotatable bonds is 2. The average molecular weight is 287 g/mol. The number of carbonyl (C=O) groups excluding carboxylic acids is 2. The molecule has 96 valence electrons. The van der Waals surface area contributed by atoms with E-state index in [0.29, 0.717) is 15.7 Å². The molecule has 1 saturated heterocycles. The van der Waals surface area contributed by atoms with Gasteiger partial charge in [-0.25, -0.2) is 9.69 Å². The summed E-state index contributed by atoms with van der Waals surface area (Å²) in [7, 11) is 0. The molecule has 1 heterocycles. The molecule has 0 aromatic heterocycles. The van der Waals surface area contributed by atoms with Gasteiger partial charge in [-0.05, 0) is 32.0 Å². The van der Waals surface area contributed by atoms with Crippen molar-refractivity contribution < 1.29 is 9.59 Å². The van der Waals surface area contributed by atoms with Crippen molar-refractivity contribution in [1.82, 2.24) is 4.90 Å². The first-order valence-corrected chi connectivity index (χ1v) is 6.25. The predicted octanol–water partition coefficient (Wildman–Crippen LogP) is 3.17. The molecule has 0 spiro atoms. The first-order valence-electron chi connectivity index (χ1n) is 5.50. The largest absolute Gasteiger partial charge is 0.332 e. The Bertz CT molecular complexity index is 497. The fraction of sp³-hybridized carbons (Fsp3) is 0.333. The molecule has 0 N–H and O–H groups in total. The van der Waals surface area contributed by atoms with E-state index in [1.165, 1.54) is 4.90 Å². The quantitative estimate of drug-likeness (QED) is 0.784. The van der Waals surface area contributed by atoms with Crippen LogP contribution in [0.4, 0.5) is 10.5 Å². The molecule has 1 fully saturated rings. The van der Waals surface area contributed by atoms with Crippen molar-refractivity contribution in [2.45, 2.75) is 19.9 Å². The zero-order valence-electron chi connectivity index (χ0n) is 9.98. The molecule has 1 aromatic carbocycles. The molecule has 0 unspecified atom stereocenters. The van der Waals surface area contributed by atoms with Gasteiger partial charge in [0.1, 0.15) is 6.54 Å². The monoisotopic (exact) mass is 286 g/mol. The Labute approximate surface area is 115 Å². The zero-order chi connectivity index (χ0) is 13.4. The maximum Gasteiger partial charge on any atom is 0.332 e. The van der Waals surface area contributed by atoms with E-state index in [2.05, 4.69) is 0 Å². The maximum absolute atomic E-state index is 12.1. The van der Waals surface area contributed by atoms with E-state index in [9.17, 15) is 9.59 Å². The van der Waals surface area contributed by atoms with Gasteiger partial charge in [-0.1, -0.05) is 23.2 Å². The summed E-state index contributed by atoms with van der Waals surface area (Å²) in [6, 6.07) is 4.28. The van der Waals surface area contributed by atoms with Crippen LogP contribution in [0.5, 0.6) is 0 Å². The lowest BCUT2D eigenvalue weighted by Gasteiger charge is -2.20. The smallest absolute Gasteiger partial charge is 0.312 e. The highest BCUT2D eigenvalue weighted by Crippen LogP contribution is 2.28. The van der Waals surface area contributed by atoms with Crippen molar-refractivity contribution >= 4 is 40.8 Å². The number of nitrogens with zero attached hydrogens (tertiary/aromatic N) is 2. The lowest BCUT2D eigenvalue weighted by Crippen LogP contribution is -2.36. The molecule has 0 aliphatic carbocycles. The number of hydrogen-bond donors (Lipinski definition) is 0. The summed E-state index contributed by atoms with van der Waals surface area (Å²) in [6.45, 7) is 3.81. The second-order valence-electron chi connectivity index (χ2n) is 4.36. The molecule has 4 nitrogen and oxygen atoms in total. The van der Waals surface area contributed by atoms with E-state index < -0.39 is 0 Å². The molecule has 1 aliphatic rings. The fourth-order valence-corrected chi connectivity index (χ4v) is 2.36. The van der Waals surface area contributed by atoms with Crippen LogP contribution in [0.25, 0.3) is 0 Å². The summed E-state index contributed by atoms with van der Waals surface area (Å²) in [5.74, 6) is -0.271. The SMILES string of the molecule is CC(C)N1CC(=O)N(c2cc(Cl)cc(Cl)c2)C1=O. The number of benzene rings is 1. The van der Waals surface area contributed by atoms with Gasteiger partial charge in [-0.2, -0.15) is 0 Å². The maximum atomic E-state index is 12.1. The number of anilines is 1. The van der Waals surface area contributed by atoms with Crippen molar-refractivity contribution in [3.63, 3.8) is 0 Å². The Morgan fingerprint density at radius 3 is 2.11 bits per heavy atom. The minimum Gasteiger partial charge on any atom is -0.312 e. The minimum atomic E-state index is -0.340. The van der Waals surface area contributed by atoms with Gasteiger partial charge in [0.15, 0.2) is 0 Å². The van der Waals surface area contributed by atoms with Gasteiger partial charge in [0, 0.05) is 16.1 Å². The molecule has 18 heavy (non-hydrogen) atoms.